The van der Waals surface area contributed by atoms with Gasteiger partial charge in [-0.05, 0) is 52.0 Å². The molecule has 0 aromatic carbocycles. The van der Waals surface area contributed by atoms with Crippen LogP contribution in [-0.4, -0.2) is 49.0 Å². The van der Waals surface area contributed by atoms with Crippen LogP contribution in [0.4, 0.5) is 5.82 Å². The molecule has 2 rings (SSSR count). The van der Waals surface area contributed by atoms with E-state index in [9.17, 15) is 4.79 Å². The van der Waals surface area contributed by atoms with Crippen LogP contribution < -0.4 is 10.6 Å². The van der Waals surface area contributed by atoms with Gasteiger partial charge in [-0.2, -0.15) is 0 Å². The van der Waals surface area contributed by atoms with Gasteiger partial charge < -0.3 is 15.5 Å². The Balaban J connectivity index is 1.87. The molecule has 1 amide bonds. The van der Waals surface area contributed by atoms with Gasteiger partial charge in [-0.1, -0.05) is 0 Å². The van der Waals surface area contributed by atoms with Crippen LogP contribution in [0, 0.1) is 0 Å². The fraction of sp³-hybridized carbons (Fsp3) is 0.571. The van der Waals surface area contributed by atoms with Gasteiger partial charge in [0.25, 0.3) is 5.91 Å². The van der Waals surface area contributed by atoms with E-state index in [1.54, 1.807) is 12.3 Å². The molecule has 1 saturated carbocycles. The molecule has 0 radical (unpaired) electrons. The van der Waals surface area contributed by atoms with Crippen LogP contribution in [0.2, 0.25) is 0 Å². The summed E-state index contributed by atoms with van der Waals surface area (Å²) in [5, 5.41) is 6.24. The summed E-state index contributed by atoms with van der Waals surface area (Å²) < 4.78 is 0. The Hall–Kier alpha value is -1.62. The molecule has 1 heterocycles. The van der Waals surface area contributed by atoms with E-state index >= 15 is 0 Å². The fourth-order valence-corrected chi connectivity index (χ4v) is 1.82. The molecule has 1 aliphatic carbocycles. The summed E-state index contributed by atoms with van der Waals surface area (Å²) in [6.45, 7) is 1.66. The van der Waals surface area contributed by atoms with E-state index in [-0.39, 0.29) is 5.91 Å². The molecule has 19 heavy (non-hydrogen) atoms. The summed E-state index contributed by atoms with van der Waals surface area (Å²) in [6.07, 6.45) is 5.00. The van der Waals surface area contributed by atoms with Crippen molar-refractivity contribution in [3.8, 4) is 0 Å². The van der Waals surface area contributed by atoms with E-state index in [0.29, 0.717) is 24.0 Å². The second-order valence-electron chi connectivity index (χ2n) is 5.23. The van der Waals surface area contributed by atoms with E-state index in [0.717, 1.165) is 13.0 Å². The average molecular weight is 262 g/mol. The number of carbonyl (C=O) groups is 1. The van der Waals surface area contributed by atoms with Gasteiger partial charge in [-0.3, -0.25) is 4.79 Å². The topological polar surface area (TPSA) is 57.3 Å². The number of pyridine rings is 1. The maximum absolute atomic E-state index is 12.1. The second-order valence-corrected chi connectivity index (χ2v) is 5.23. The van der Waals surface area contributed by atoms with E-state index < -0.39 is 0 Å². The lowest BCUT2D eigenvalue weighted by molar-refractivity contribution is 0.0953. The van der Waals surface area contributed by atoms with Crippen molar-refractivity contribution in [2.45, 2.75) is 25.3 Å². The van der Waals surface area contributed by atoms with Crippen LogP contribution in [0.3, 0.4) is 0 Å². The molecule has 1 aliphatic rings. The number of carbonyl (C=O) groups excluding carboxylic acids is 1. The first-order chi connectivity index (χ1) is 9.16. The normalized spacial score (nSPS) is 14.5. The van der Waals surface area contributed by atoms with Crippen molar-refractivity contribution >= 4 is 11.7 Å². The minimum absolute atomic E-state index is 0.0463. The molecule has 1 aromatic heterocycles. The standard InChI is InChI=1S/C14H22N4O/c1-18(2)10-4-9-16-14(19)12-5-3-8-15-13(12)17-11-6-7-11/h3,5,8,11H,4,6-7,9-10H2,1-2H3,(H,15,17)(H,16,19). The quantitative estimate of drug-likeness (QED) is 0.728. The van der Waals surface area contributed by atoms with Crippen molar-refractivity contribution in [2.75, 3.05) is 32.5 Å². The smallest absolute Gasteiger partial charge is 0.255 e. The van der Waals surface area contributed by atoms with Crippen molar-refractivity contribution in [2.24, 2.45) is 0 Å². The molecule has 2 N–H and O–H groups in total. The number of rotatable bonds is 7. The lowest BCUT2D eigenvalue weighted by Gasteiger charge is -2.12. The van der Waals surface area contributed by atoms with Crippen LogP contribution >= 0.6 is 0 Å². The number of aromatic nitrogens is 1. The van der Waals surface area contributed by atoms with Crippen LogP contribution in [0.1, 0.15) is 29.6 Å². The van der Waals surface area contributed by atoms with Crippen LogP contribution in [0.25, 0.3) is 0 Å². The Kier molecular flexibility index (Phi) is 4.74. The second kappa shape index (κ2) is 6.52. The number of amides is 1. The first kappa shape index (κ1) is 13.8. The molecule has 0 spiro atoms. The zero-order valence-corrected chi connectivity index (χ0v) is 11.6. The molecule has 5 nitrogen and oxygen atoms in total. The lowest BCUT2D eigenvalue weighted by Crippen LogP contribution is -2.28. The third-order valence-electron chi connectivity index (χ3n) is 3.04. The van der Waals surface area contributed by atoms with Gasteiger partial charge in [0.2, 0.25) is 0 Å². The highest BCUT2D eigenvalue weighted by Crippen LogP contribution is 2.25. The Bertz CT molecular complexity index is 429. The van der Waals surface area contributed by atoms with Crippen molar-refractivity contribution < 1.29 is 4.79 Å². The number of nitrogens with one attached hydrogen (secondary N) is 2. The van der Waals surface area contributed by atoms with Gasteiger partial charge in [-0.25, -0.2) is 4.98 Å². The van der Waals surface area contributed by atoms with Gasteiger partial charge in [-0.15, -0.1) is 0 Å². The van der Waals surface area contributed by atoms with E-state index in [4.69, 9.17) is 0 Å². The number of hydrogen-bond acceptors (Lipinski definition) is 4. The summed E-state index contributed by atoms with van der Waals surface area (Å²) in [7, 11) is 4.06. The first-order valence-electron chi connectivity index (χ1n) is 6.81. The molecule has 104 valence electrons. The van der Waals surface area contributed by atoms with Gasteiger partial charge >= 0.3 is 0 Å². The van der Waals surface area contributed by atoms with Gasteiger partial charge in [0.05, 0.1) is 5.56 Å². The third-order valence-corrected chi connectivity index (χ3v) is 3.04. The maximum Gasteiger partial charge on any atom is 0.255 e. The largest absolute Gasteiger partial charge is 0.367 e. The molecule has 0 bridgehead atoms. The summed E-state index contributed by atoms with van der Waals surface area (Å²) in [5.74, 6) is 0.658. The summed E-state index contributed by atoms with van der Waals surface area (Å²) in [5.41, 5.74) is 0.638. The number of anilines is 1. The van der Waals surface area contributed by atoms with Crippen molar-refractivity contribution in [3.63, 3.8) is 0 Å². The fourth-order valence-electron chi connectivity index (χ4n) is 1.82. The van der Waals surface area contributed by atoms with Crippen LogP contribution in [0.5, 0.6) is 0 Å². The first-order valence-corrected chi connectivity index (χ1v) is 6.81. The van der Waals surface area contributed by atoms with Crippen LogP contribution in [-0.2, 0) is 0 Å². The predicted octanol–water partition coefficient (Wildman–Crippen LogP) is 1.34. The molecule has 0 saturated heterocycles. The number of nitrogens with zero attached hydrogens (tertiary/aromatic N) is 2. The average Bonchev–Trinajstić information content (AvgIpc) is 3.19. The number of hydrogen-bond donors (Lipinski definition) is 2. The highest BCUT2D eigenvalue weighted by atomic mass is 16.1. The Morgan fingerprint density at radius 1 is 1.47 bits per heavy atom. The monoisotopic (exact) mass is 262 g/mol. The highest BCUT2D eigenvalue weighted by molar-refractivity contribution is 5.98. The minimum atomic E-state index is -0.0463. The van der Waals surface area contributed by atoms with E-state index in [1.165, 1.54) is 12.8 Å². The SMILES string of the molecule is CN(C)CCCNC(=O)c1cccnc1NC1CC1. The molecule has 1 fully saturated rings. The lowest BCUT2D eigenvalue weighted by atomic mass is 10.2. The minimum Gasteiger partial charge on any atom is -0.367 e. The summed E-state index contributed by atoms with van der Waals surface area (Å²) in [4.78, 5) is 18.5. The van der Waals surface area contributed by atoms with Gasteiger partial charge in [0.1, 0.15) is 5.82 Å². The molecule has 0 unspecified atom stereocenters. The van der Waals surface area contributed by atoms with E-state index in [2.05, 4.69) is 20.5 Å². The molecular weight excluding hydrogens is 240 g/mol. The Labute approximate surface area is 114 Å². The predicted molar refractivity (Wildman–Crippen MR) is 76.4 cm³/mol. The molecule has 1 aromatic rings. The van der Waals surface area contributed by atoms with Crippen molar-refractivity contribution in [3.05, 3.63) is 23.9 Å². The highest BCUT2D eigenvalue weighted by Gasteiger charge is 2.23. The molecule has 0 aliphatic heterocycles. The van der Waals surface area contributed by atoms with Gasteiger partial charge in [0, 0.05) is 18.8 Å². The molecular formula is C14H22N4O. The molecule has 0 atom stereocenters. The summed E-state index contributed by atoms with van der Waals surface area (Å²) in [6, 6.07) is 4.11. The van der Waals surface area contributed by atoms with Gasteiger partial charge in [0.15, 0.2) is 0 Å². The summed E-state index contributed by atoms with van der Waals surface area (Å²) >= 11 is 0. The zero-order valence-electron chi connectivity index (χ0n) is 11.6. The molecule has 5 heteroatoms. The van der Waals surface area contributed by atoms with Crippen molar-refractivity contribution in [1.82, 2.24) is 15.2 Å². The Morgan fingerprint density at radius 2 is 2.26 bits per heavy atom. The van der Waals surface area contributed by atoms with Crippen molar-refractivity contribution in [1.29, 1.82) is 0 Å². The van der Waals surface area contributed by atoms with E-state index in [1.807, 2.05) is 20.2 Å². The van der Waals surface area contributed by atoms with Crippen LogP contribution in [0.15, 0.2) is 18.3 Å². The third kappa shape index (κ3) is 4.52. The zero-order chi connectivity index (χ0) is 13.7. The Morgan fingerprint density at radius 3 is 2.95 bits per heavy atom. The maximum atomic E-state index is 12.1.